The Morgan fingerprint density at radius 2 is 1.90 bits per heavy atom. The number of nitrogens with one attached hydrogen (secondary N) is 1. The monoisotopic (exact) mass is 296 g/mol. The molecule has 1 aromatic rings. The van der Waals surface area contributed by atoms with Gasteiger partial charge in [0.2, 0.25) is 10.0 Å². The standard InChI is InChI=1S/C15H24N2O2S/c1-3-12-5-7-13(8-6-12)17-15-10-14(20(16,18)19)9-4-11(15)2/h4,9-10,12-13,17H,3,5-8H2,1-2H3,(H2,16,18,19). The second-order valence-corrected chi connectivity index (χ2v) is 7.35. The van der Waals surface area contributed by atoms with Crippen LogP contribution in [0.2, 0.25) is 0 Å². The Balaban J connectivity index is 2.10. The predicted molar refractivity (Wildman–Crippen MR) is 82.2 cm³/mol. The largest absolute Gasteiger partial charge is 0.382 e. The molecule has 1 fully saturated rings. The van der Waals surface area contributed by atoms with Crippen molar-refractivity contribution in [3.05, 3.63) is 23.8 Å². The second-order valence-electron chi connectivity index (χ2n) is 5.79. The van der Waals surface area contributed by atoms with Crippen LogP contribution in [-0.4, -0.2) is 14.5 Å². The highest BCUT2D eigenvalue weighted by molar-refractivity contribution is 7.89. The molecule has 20 heavy (non-hydrogen) atoms. The molecule has 0 unspecified atom stereocenters. The highest BCUT2D eigenvalue weighted by Gasteiger charge is 2.20. The van der Waals surface area contributed by atoms with Crippen molar-refractivity contribution in [3.8, 4) is 0 Å². The molecule has 3 N–H and O–H groups in total. The minimum atomic E-state index is -3.64. The van der Waals surface area contributed by atoms with Crippen molar-refractivity contribution in [2.45, 2.75) is 56.9 Å². The second kappa shape index (κ2) is 6.14. The summed E-state index contributed by atoms with van der Waals surface area (Å²) in [6, 6.07) is 5.45. The van der Waals surface area contributed by atoms with Gasteiger partial charge in [0.15, 0.2) is 0 Å². The number of hydrogen-bond acceptors (Lipinski definition) is 3. The van der Waals surface area contributed by atoms with Gasteiger partial charge in [-0.25, -0.2) is 13.6 Å². The molecule has 0 spiro atoms. The van der Waals surface area contributed by atoms with Crippen molar-refractivity contribution in [2.24, 2.45) is 11.1 Å². The smallest absolute Gasteiger partial charge is 0.238 e. The van der Waals surface area contributed by atoms with Gasteiger partial charge in [-0.05, 0) is 56.2 Å². The molecule has 5 heteroatoms. The Morgan fingerprint density at radius 3 is 2.45 bits per heavy atom. The number of sulfonamides is 1. The molecule has 1 aliphatic carbocycles. The lowest BCUT2D eigenvalue weighted by atomic mass is 9.84. The lowest BCUT2D eigenvalue weighted by Crippen LogP contribution is -2.26. The highest BCUT2D eigenvalue weighted by atomic mass is 32.2. The molecule has 0 bridgehead atoms. The fourth-order valence-corrected chi connectivity index (χ4v) is 3.41. The van der Waals surface area contributed by atoms with Gasteiger partial charge in [0.1, 0.15) is 0 Å². The van der Waals surface area contributed by atoms with E-state index in [0.29, 0.717) is 6.04 Å². The van der Waals surface area contributed by atoms with Crippen molar-refractivity contribution in [3.63, 3.8) is 0 Å². The number of aryl methyl sites for hydroxylation is 1. The molecule has 0 radical (unpaired) electrons. The number of rotatable bonds is 4. The Morgan fingerprint density at radius 1 is 1.25 bits per heavy atom. The predicted octanol–water partition coefficient (Wildman–Crippen LogP) is 3.02. The third-order valence-electron chi connectivity index (χ3n) is 4.32. The van der Waals surface area contributed by atoms with Crippen LogP contribution in [0.25, 0.3) is 0 Å². The van der Waals surface area contributed by atoms with E-state index < -0.39 is 10.0 Å². The third kappa shape index (κ3) is 3.73. The maximum absolute atomic E-state index is 11.4. The van der Waals surface area contributed by atoms with Crippen LogP contribution in [0.3, 0.4) is 0 Å². The van der Waals surface area contributed by atoms with Crippen LogP contribution >= 0.6 is 0 Å². The first-order valence-corrected chi connectivity index (χ1v) is 8.84. The van der Waals surface area contributed by atoms with E-state index in [1.165, 1.54) is 19.3 Å². The fourth-order valence-electron chi connectivity index (χ4n) is 2.87. The summed E-state index contributed by atoms with van der Waals surface area (Å²) in [4.78, 5) is 0.174. The maximum Gasteiger partial charge on any atom is 0.238 e. The van der Waals surface area contributed by atoms with Crippen LogP contribution in [0.4, 0.5) is 5.69 Å². The van der Waals surface area contributed by atoms with Gasteiger partial charge in [-0.2, -0.15) is 0 Å². The van der Waals surface area contributed by atoms with Crippen molar-refractivity contribution in [2.75, 3.05) is 5.32 Å². The molecular weight excluding hydrogens is 272 g/mol. The summed E-state index contributed by atoms with van der Waals surface area (Å²) >= 11 is 0. The van der Waals surface area contributed by atoms with Crippen LogP contribution in [0.15, 0.2) is 23.1 Å². The van der Waals surface area contributed by atoms with E-state index in [-0.39, 0.29) is 4.90 Å². The first-order valence-electron chi connectivity index (χ1n) is 7.30. The Kier molecular flexibility index (Phi) is 4.70. The third-order valence-corrected chi connectivity index (χ3v) is 5.23. The lowest BCUT2D eigenvalue weighted by molar-refractivity contribution is 0.330. The van der Waals surface area contributed by atoms with Crippen LogP contribution in [0, 0.1) is 12.8 Å². The number of nitrogens with two attached hydrogens (primary N) is 1. The van der Waals surface area contributed by atoms with E-state index in [0.717, 1.165) is 30.0 Å². The van der Waals surface area contributed by atoms with Crippen molar-refractivity contribution >= 4 is 15.7 Å². The molecule has 2 rings (SSSR count). The maximum atomic E-state index is 11.4. The van der Waals surface area contributed by atoms with Gasteiger partial charge in [-0.15, -0.1) is 0 Å². The van der Waals surface area contributed by atoms with Crippen molar-refractivity contribution in [1.82, 2.24) is 0 Å². The zero-order valence-corrected chi connectivity index (χ0v) is 13.0. The summed E-state index contributed by atoms with van der Waals surface area (Å²) in [5.41, 5.74) is 1.94. The van der Waals surface area contributed by atoms with Crippen LogP contribution < -0.4 is 10.5 Å². The molecule has 0 heterocycles. The molecular formula is C15H24N2O2S. The topological polar surface area (TPSA) is 72.2 Å². The summed E-state index contributed by atoms with van der Waals surface area (Å²) in [7, 11) is -3.64. The minimum Gasteiger partial charge on any atom is -0.382 e. The molecule has 112 valence electrons. The van der Waals surface area contributed by atoms with Crippen LogP contribution in [-0.2, 0) is 10.0 Å². The average Bonchev–Trinajstić information content (AvgIpc) is 2.41. The summed E-state index contributed by atoms with van der Waals surface area (Å²) in [5, 5.41) is 8.68. The lowest BCUT2D eigenvalue weighted by Gasteiger charge is -2.29. The van der Waals surface area contributed by atoms with E-state index in [1.54, 1.807) is 18.2 Å². The molecule has 0 aromatic heterocycles. The fraction of sp³-hybridized carbons (Fsp3) is 0.600. The SMILES string of the molecule is CCC1CCC(Nc2cc(S(N)(=O)=O)ccc2C)CC1. The Hall–Kier alpha value is -1.07. The van der Waals surface area contributed by atoms with E-state index >= 15 is 0 Å². The average molecular weight is 296 g/mol. The number of primary sulfonamides is 1. The van der Waals surface area contributed by atoms with E-state index in [9.17, 15) is 8.42 Å². The number of benzene rings is 1. The van der Waals surface area contributed by atoms with Gasteiger partial charge in [0.25, 0.3) is 0 Å². The molecule has 0 amide bonds. The first kappa shape index (κ1) is 15.3. The molecule has 0 aliphatic heterocycles. The van der Waals surface area contributed by atoms with Crippen LogP contribution in [0.1, 0.15) is 44.6 Å². The van der Waals surface area contributed by atoms with Gasteiger partial charge >= 0.3 is 0 Å². The van der Waals surface area contributed by atoms with Gasteiger partial charge in [-0.3, -0.25) is 0 Å². The van der Waals surface area contributed by atoms with Gasteiger partial charge < -0.3 is 5.32 Å². The normalized spacial score (nSPS) is 23.6. The van der Waals surface area contributed by atoms with Crippen molar-refractivity contribution < 1.29 is 8.42 Å². The molecule has 1 saturated carbocycles. The zero-order chi connectivity index (χ0) is 14.8. The van der Waals surface area contributed by atoms with E-state index in [2.05, 4.69) is 12.2 Å². The molecule has 0 atom stereocenters. The number of hydrogen-bond donors (Lipinski definition) is 2. The zero-order valence-electron chi connectivity index (χ0n) is 12.2. The number of anilines is 1. The Labute approximate surface area is 121 Å². The molecule has 4 nitrogen and oxygen atoms in total. The van der Waals surface area contributed by atoms with E-state index in [1.807, 2.05) is 6.92 Å². The summed E-state index contributed by atoms with van der Waals surface area (Å²) in [5.74, 6) is 0.852. The summed E-state index contributed by atoms with van der Waals surface area (Å²) in [6.07, 6.45) is 6.06. The molecule has 1 aliphatic rings. The quantitative estimate of drug-likeness (QED) is 0.897. The van der Waals surface area contributed by atoms with Crippen LogP contribution in [0.5, 0.6) is 0 Å². The molecule has 1 aromatic carbocycles. The summed E-state index contributed by atoms with van der Waals surface area (Å²) in [6.45, 7) is 4.23. The first-order chi connectivity index (χ1) is 9.40. The molecule has 0 saturated heterocycles. The Bertz CT molecular complexity index is 561. The van der Waals surface area contributed by atoms with Crippen molar-refractivity contribution in [1.29, 1.82) is 0 Å². The summed E-state index contributed by atoms with van der Waals surface area (Å²) < 4.78 is 22.8. The minimum absolute atomic E-state index is 0.174. The van der Waals surface area contributed by atoms with Gasteiger partial charge in [0.05, 0.1) is 4.90 Å². The van der Waals surface area contributed by atoms with Gasteiger partial charge in [-0.1, -0.05) is 19.4 Å². The van der Waals surface area contributed by atoms with E-state index in [4.69, 9.17) is 5.14 Å². The highest BCUT2D eigenvalue weighted by Crippen LogP contribution is 2.29. The van der Waals surface area contributed by atoms with Gasteiger partial charge in [0, 0.05) is 11.7 Å².